The highest BCUT2D eigenvalue weighted by atomic mass is 35.5. The predicted molar refractivity (Wildman–Crippen MR) is 181 cm³/mol. The molecular weight excluding hydrogens is 677 g/mol. The molecule has 11 nitrogen and oxygen atoms in total. The first-order valence-electron chi connectivity index (χ1n) is 17.4. The summed E-state index contributed by atoms with van der Waals surface area (Å²) in [7, 11) is 1.36. The zero-order chi connectivity index (χ0) is 35.2. The van der Waals surface area contributed by atoms with E-state index in [-0.39, 0.29) is 35.8 Å². The van der Waals surface area contributed by atoms with Crippen LogP contribution in [0.4, 0.5) is 29.3 Å². The van der Waals surface area contributed by atoms with Gasteiger partial charge in [0.15, 0.2) is 0 Å². The van der Waals surface area contributed by atoms with E-state index in [0.717, 1.165) is 31.3 Å². The van der Waals surface area contributed by atoms with Crippen LogP contribution in [0.3, 0.4) is 0 Å². The van der Waals surface area contributed by atoms with Crippen LogP contribution in [0.5, 0.6) is 0 Å². The number of carbonyl (C=O) groups is 2. The lowest BCUT2D eigenvalue weighted by molar-refractivity contribution is -0.231. The lowest BCUT2D eigenvalue weighted by atomic mass is 9.82. The third kappa shape index (κ3) is 7.02. The largest absolute Gasteiger partial charge is 0.438 e. The van der Waals surface area contributed by atoms with Gasteiger partial charge in [0.05, 0.1) is 22.0 Å². The van der Waals surface area contributed by atoms with Gasteiger partial charge in [0.25, 0.3) is 5.91 Å². The number of rotatable bonds is 8. The van der Waals surface area contributed by atoms with E-state index in [4.69, 9.17) is 21.1 Å². The summed E-state index contributed by atoms with van der Waals surface area (Å²) in [4.78, 5) is 34.9. The molecule has 15 heteroatoms. The van der Waals surface area contributed by atoms with Gasteiger partial charge in [0, 0.05) is 83.7 Å². The van der Waals surface area contributed by atoms with Crippen LogP contribution < -0.4 is 10.6 Å². The average Bonchev–Trinajstić information content (AvgIpc) is 3.11. The standard InChI is InChI=1S/C35H44ClF3N6O5/c1-40-30-25(35(37,38)39)18-22(19-26(30)36)20-29(31(46)44-16-14-43(15-17-44)28-21-42-10-6-23(28)7-11-42)49-33(48)45-12-8-34(9-13-45)24-4-2-3-5-27(24)41-32(47)50-34/h2-5,18-19,23,28-29,33,40,48H,6-17,20-21H2,1H3,(H,41,47)/t28?,29-,33?/m1/s1. The Labute approximate surface area is 294 Å². The van der Waals surface area contributed by atoms with E-state index in [1.165, 1.54) is 26.0 Å². The van der Waals surface area contributed by atoms with Gasteiger partial charge >= 0.3 is 12.3 Å². The Kier molecular flexibility index (Phi) is 9.96. The molecule has 272 valence electrons. The summed E-state index contributed by atoms with van der Waals surface area (Å²) in [5.74, 6) is 0.266. The molecule has 3 atom stereocenters. The van der Waals surface area contributed by atoms with E-state index >= 15 is 0 Å². The van der Waals surface area contributed by atoms with Crippen molar-refractivity contribution >= 4 is 35.0 Å². The number of nitrogens with zero attached hydrogens (tertiary/aromatic N) is 4. The average molecular weight is 721 g/mol. The first-order chi connectivity index (χ1) is 23.9. The molecule has 3 N–H and O–H groups in total. The summed E-state index contributed by atoms with van der Waals surface area (Å²) in [5, 5.41) is 16.5. The highest BCUT2D eigenvalue weighted by Gasteiger charge is 2.46. The van der Waals surface area contributed by atoms with Gasteiger partial charge in [-0.1, -0.05) is 29.8 Å². The summed E-state index contributed by atoms with van der Waals surface area (Å²) in [6.07, 6.45) is -5.15. The first-order valence-corrected chi connectivity index (χ1v) is 17.8. The van der Waals surface area contributed by atoms with Crippen molar-refractivity contribution in [2.45, 2.75) is 62.4 Å². The van der Waals surface area contributed by atoms with Gasteiger partial charge in [-0.25, -0.2) is 4.79 Å². The van der Waals surface area contributed by atoms with Crippen molar-refractivity contribution in [3.63, 3.8) is 0 Å². The molecule has 0 aromatic heterocycles. The van der Waals surface area contributed by atoms with Crippen molar-refractivity contribution < 1.29 is 37.3 Å². The Morgan fingerprint density at radius 3 is 2.44 bits per heavy atom. The molecule has 2 aromatic carbocycles. The summed E-state index contributed by atoms with van der Waals surface area (Å²) >= 11 is 6.31. The molecule has 0 aliphatic carbocycles. The minimum Gasteiger partial charge on any atom is -0.438 e. The van der Waals surface area contributed by atoms with Gasteiger partial charge in [-0.15, -0.1) is 0 Å². The quantitative estimate of drug-likeness (QED) is 0.342. The number of aliphatic hydroxyl groups excluding tert-OH is 1. The lowest BCUT2D eigenvalue weighted by Crippen LogP contribution is -2.62. The Morgan fingerprint density at radius 2 is 1.80 bits per heavy atom. The highest BCUT2D eigenvalue weighted by molar-refractivity contribution is 6.33. The fourth-order valence-corrected chi connectivity index (χ4v) is 8.90. The number of aliphatic hydroxyl groups is 1. The molecule has 5 fully saturated rings. The number of para-hydroxylation sites is 1. The van der Waals surface area contributed by atoms with E-state index < -0.39 is 41.9 Å². The predicted octanol–water partition coefficient (Wildman–Crippen LogP) is 4.40. The Balaban J connectivity index is 1.07. The van der Waals surface area contributed by atoms with Gasteiger partial charge in [0.2, 0.25) is 6.41 Å². The number of amides is 2. The second kappa shape index (κ2) is 14.1. The number of fused-ring (bicyclic) bond motifs is 5. The molecule has 6 aliphatic heterocycles. The number of halogens is 4. The third-order valence-corrected chi connectivity index (χ3v) is 11.6. The highest BCUT2D eigenvalue weighted by Crippen LogP contribution is 2.44. The minimum absolute atomic E-state index is 0.131. The third-order valence-electron chi connectivity index (χ3n) is 11.3. The maximum atomic E-state index is 14.1. The normalized spacial score (nSPS) is 26.6. The zero-order valence-electron chi connectivity index (χ0n) is 28.1. The molecule has 50 heavy (non-hydrogen) atoms. The van der Waals surface area contributed by atoms with Crippen LogP contribution in [0.15, 0.2) is 36.4 Å². The van der Waals surface area contributed by atoms with Gasteiger partial charge in [-0.2, -0.15) is 13.2 Å². The van der Waals surface area contributed by atoms with Crippen LogP contribution in [0.2, 0.25) is 5.02 Å². The van der Waals surface area contributed by atoms with E-state index in [9.17, 15) is 27.9 Å². The number of ether oxygens (including phenoxy) is 2. The summed E-state index contributed by atoms with van der Waals surface area (Å²) in [6, 6.07) is 10.3. The van der Waals surface area contributed by atoms with Crippen molar-refractivity contribution in [3.05, 3.63) is 58.1 Å². The fourth-order valence-electron chi connectivity index (χ4n) is 8.56. The summed E-state index contributed by atoms with van der Waals surface area (Å²) in [5.41, 5.74) is -0.388. The molecule has 2 unspecified atom stereocenters. The number of alkyl halides is 3. The van der Waals surface area contributed by atoms with Crippen LogP contribution in [0, 0.1) is 5.92 Å². The Hall–Kier alpha value is -3.14. The second-order valence-corrected chi connectivity index (χ2v) is 14.5. The van der Waals surface area contributed by atoms with Crippen LogP contribution in [-0.2, 0) is 32.5 Å². The van der Waals surface area contributed by atoms with Crippen LogP contribution >= 0.6 is 11.6 Å². The number of piperazine rings is 1. The molecule has 2 bridgehead atoms. The number of anilines is 2. The van der Waals surface area contributed by atoms with Gasteiger partial charge < -0.3 is 29.7 Å². The molecule has 2 aromatic rings. The maximum Gasteiger partial charge on any atom is 0.418 e. The Morgan fingerprint density at radius 1 is 1.10 bits per heavy atom. The number of likely N-dealkylation sites (tertiary alicyclic amines) is 1. The molecule has 1 spiro atoms. The Bertz CT molecular complexity index is 1570. The molecule has 0 radical (unpaired) electrons. The van der Waals surface area contributed by atoms with Crippen molar-refractivity contribution in [3.8, 4) is 0 Å². The molecule has 2 amide bonds. The van der Waals surface area contributed by atoms with E-state index in [1.807, 2.05) is 24.3 Å². The molecule has 0 saturated carbocycles. The second-order valence-electron chi connectivity index (χ2n) is 14.1. The first kappa shape index (κ1) is 35.3. The fraction of sp³-hybridized carbons (Fsp3) is 0.600. The van der Waals surface area contributed by atoms with Gasteiger partial charge in [0.1, 0.15) is 11.7 Å². The van der Waals surface area contributed by atoms with Crippen molar-refractivity contribution in [1.29, 1.82) is 0 Å². The topological polar surface area (TPSA) is 110 Å². The number of hydrogen-bond acceptors (Lipinski definition) is 9. The molecular formula is C35H44ClF3N6O5. The number of hydrogen-bond donors (Lipinski definition) is 3. The molecule has 6 heterocycles. The number of carbonyl (C=O) groups excluding carboxylic acids is 2. The van der Waals surface area contributed by atoms with E-state index in [0.29, 0.717) is 56.7 Å². The maximum absolute atomic E-state index is 14.1. The number of benzene rings is 2. The molecule has 8 rings (SSSR count). The van der Waals surface area contributed by atoms with Crippen LogP contribution in [0.25, 0.3) is 0 Å². The number of piperidine rings is 4. The molecule has 5 saturated heterocycles. The van der Waals surface area contributed by atoms with Gasteiger partial charge in [-0.05, 0) is 55.6 Å². The van der Waals surface area contributed by atoms with Crippen LogP contribution in [-0.4, -0.2) is 121 Å². The zero-order valence-corrected chi connectivity index (χ0v) is 28.8. The van der Waals surface area contributed by atoms with Crippen LogP contribution in [0.1, 0.15) is 42.4 Å². The van der Waals surface area contributed by atoms with Crippen molar-refractivity contribution in [2.75, 3.05) is 76.6 Å². The SMILES string of the molecule is CNc1c(Cl)cc(C[C@@H](OC(O)N2CCC3(CC2)OC(=O)Nc2ccccc23)C(=O)N2CCN(C3CN4CCC3CC4)CC2)cc1C(F)(F)F. The molecule has 6 aliphatic rings. The lowest BCUT2D eigenvalue weighted by Gasteiger charge is -2.51. The summed E-state index contributed by atoms with van der Waals surface area (Å²) in [6.45, 7) is 6.19. The van der Waals surface area contributed by atoms with Crippen molar-refractivity contribution in [1.82, 2.24) is 19.6 Å². The van der Waals surface area contributed by atoms with E-state index in [1.54, 1.807) is 9.80 Å². The van der Waals surface area contributed by atoms with Crippen molar-refractivity contribution in [2.24, 2.45) is 5.92 Å². The van der Waals surface area contributed by atoms with E-state index in [2.05, 4.69) is 20.4 Å². The summed E-state index contributed by atoms with van der Waals surface area (Å²) < 4.78 is 54.1. The smallest absolute Gasteiger partial charge is 0.418 e. The number of nitrogens with one attached hydrogen (secondary N) is 2. The van der Waals surface area contributed by atoms with Gasteiger partial charge in [-0.3, -0.25) is 19.9 Å². The monoisotopic (exact) mass is 720 g/mol. The minimum atomic E-state index is -4.69.